The predicted octanol–water partition coefficient (Wildman–Crippen LogP) is 0.923. The van der Waals surface area contributed by atoms with E-state index in [0.29, 0.717) is 6.54 Å². The van der Waals surface area contributed by atoms with E-state index in [0.717, 1.165) is 5.56 Å². The summed E-state index contributed by atoms with van der Waals surface area (Å²) in [4.78, 5) is 16.1. The first kappa shape index (κ1) is 16.7. The van der Waals surface area contributed by atoms with Crippen LogP contribution in [0.3, 0.4) is 0 Å². The maximum absolute atomic E-state index is 12.1. The Balaban J connectivity index is 2.10. The molecule has 0 fully saturated rings. The number of nitrogens with one attached hydrogen (secondary N) is 2. The summed E-state index contributed by atoms with van der Waals surface area (Å²) in [6, 6.07) is 9.35. The van der Waals surface area contributed by atoms with E-state index in [2.05, 4.69) is 20.9 Å². The fourth-order valence-electron chi connectivity index (χ4n) is 1.81. The number of sulfonamides is 1. The van der Waals surface area contributed by atoms with Gasteiger partial charge < -0.3 is 5.32 Å². The van der Waals surface area contributed by atoms with Crippen molar-refractivity contribution in [2.75, 3.05) is 6.54 Å². The molecule has 7 heteroatoms. The van der Waals surface area contributed by atoms with Crippen molar-refractivity contribution in [3.8, 4) is 12.3 Å². The summed E-state index contributed by atoms with van der Waals surface area (Å²) in [6.45, 7) is 0.193. The minimum atomic E-state index is -3.73. The number of aromatic nitrogens is 1. The molecule has 0 radical (unpaired) electrons. The summed E-state index contributed by atoms with van der Waals surface area (Å²) in [5.74, 6) is 1.82. The number of carbonyl (C=O) groups excluding carboxylic acids is 1. The Labute approximate surface area is 135 Å². The van der Waals surface area contributed by atoms with Gasteiger partial charge in [-0.3, -0.25) is 9.78 Å². The lowest BCUT2D eigenvalue weighted by molar-refractivity contribution is 0.0950. The lowest BCUT2D eigenvalue weighted by atomic mass is 10.2. The van der Waals surface area contributed by atoms with Crippen molar-refractivity contribution in [3.05, 3.63) is 59.9 Å². The second-order valence-corrected chi connectivity index (χ2v) is 6.37. The molecule has 118 valence electrons. The summed E-state index contributed by atoms with van der Waals surface area (Å²) < 4.78 is 26.2. The van der Waals surface area contributed by atoms with Gasteiger partial charge in [0, 0.05) is 24.5 Å². The van der Waals surface area contributed by atoms with Crippen LogP contribution in [0, 0.1) is 12.3 Å². The van der Waals surface area contributed by atoms with Crippen LogP contribution in [-0.2, 0) is 16.6 Å². The van der Waals surface area contributed by atoms with Gasteiger partial charge in [-0.15, -0.1) is 6.42 Å². The summed E-state index contributed by atoms with van der Waals surface area (Å²) in [7, 11) is -3.73. The van der Waals surface area contributed by atoms with Gasteiger partial charge in [0.2, 0.25) is 10.0 Å². The summed E-state index contributed by atoms with van der Waals surface area (Å²) >= 11 is 0. The maximum Gasteiger partial charge on any atom is 0.251 e. The molecule has 6 nitrogen and oxygen atoms in total. The van der Waals surface area contributed by atoms with Crippen LogP contribution in [0.2, 0.25) is 0 Å². The molecule has 0 unspecified atom stereocenters. The normalized spacial score (nSPS) is 10.7. The number of carbonyl (C=O) groups is 1. The minimum Gasteiger partial charge on any atom is -0.348 e. The Bertz CT molecular complexity index is 827. The molecule has 0 bridgehead atoms. The van der Waals surface area contributed by atoms with Crippen molar-refractivity contribution >= 4 is 15.9 Å². The highest BCUT2D eigenvalue weighted by Crippen LogP contribution is 2.11. The lowest BCUT2D eigenvalue weighted by Crippen LogP contribution is -2.25. The molecule has 0 aliphatic rings. The second-order valence-electron chi connectivity index (χ2n) is 4.60. The largest absolute Gasteiger partial charge is 0.348 e. The highest BCUT2D eigenvalue weighted by Gasteiger charge is 2.15. The molecule has 0 atom stereocenters. The van der Waals surface area contributed by atoms with Gasteiger partial charge in [0.25, 0.3) is 5.91 Å². The molecule has 1 aromatic carbocycles. The van der Waals surface area contributed by atoms with Crippen molar-refractivity contribution < 1.29 is 13.2 Å². The highest BCUT2D eigenvalue weighted by atomic mass is 32.2. The molecule has 0 aliphatic carbocycles. The fourth-order valence-corrected chi connectivity index (χ4v) is 2.79. The first-order chi connectivity index (χ1) is 11.0. The predicted molar refractivity (Wildman–Crippen MR) is 85.9 cm³/mol. The zero-order valence-electron chi connectivity index (χ0n) is 12.2. The number of rotatable bonds is 6. The van der Waals surface area contributed by atoms with E-state index in [1.165, 1.54) is 18.2 Å². The number of amides is 1. The molecule has 0 saturated carbocycles. The van der Waals surface area contributed by atoms with E-state index in [-0.39, 0.29) is 22.9 Å². The maximum atomic E-state index is 12.1. The van der Waals surface area contributed by atoms with Gasteiger partial charge in [0.15, 0.2) is 0 Å². The van der Waals surface area contributed by atoms with Crippen LogP contribution < -0.4 is 10.0 Å². The third-order valence-electron chi connectivity index (χ3n) is 2.95. The Hall–Kier alpha value is -2.69. The van der Waals surface area contributed by atoms with E-state index in [1.54, 1.807) is 24.5 Å². The van der Waals surface area contributed by atoms with Crippen molar-refractivity contribution in [3.63, 3.8) is 0 Å². The Morgan fingerprint density at radius 2 is 2.09 bits per heavy atom. The summed E-state index contributed by atoms with van der Waals surface area (Å²) in [5.41, 5.74) is 1.10. The summed E-state index contributed by atoms with van der Waals surface area (Å²) in [6.07, 6.45) is 8.33. The topological polar surface area (TPSA) is 88.2 Å². The minimum absolute atomic E-state index is 0.0122. The van der Waals surface area contributed by atoms with Crippen LogP contribution in [0.1, 0.15) is 15.9 Å². The zero-order valence-corrected chi connectivity index (χ0v) is 13.0. The van der Waals surface area contributed by atoms with Crippen LogP contribution in [0.25, 0.3) is 0 Å². The van der Waals surface area contributed by atoms with Crippen LogP contribution in [0.15, 0.2) is 53.7 Å². The van der Waals surface area contributed by atoms with Crippen LogP contribution >= 0.6 is 0 Å². The molecule has 0 spiro atoms. The molecule has 2 aromatic rings. The SMILES string of the molecule is C#CCNS(=O)(=O)c1cccc(C(=O)NCc2cccnc2)c1. The van der Waals surface area contributed by atoms with Gasteiger partial charge >= 0.3 is 0 Å². The van der Waals surface area contributed by atoms with Gasteiger partial charge in [0.05, 0.1) is 11.4 Å². The van der Waals surface area contributed by atoms with Gasteiger partial charge in [-0.2, -0.15) is 4.72 Å². The van der Waals surface area contributed by atoms with E-state index in [4.69, 9.17) is 6.42 Å². The average Bonchev–Trinajstić information content (AvgIpc) is 2.59. The number of hydrogen-bond donors (Lipinski definition) is 2. The molecular weight excluding hydrogens is 314 g/mol. The second kappa shape index (κ2) is 7.54. The van der Waals surface area contributed by atoms with E-state index >= 15 is 0 Å². The number of nitrogens with zero attached hydrogens (tertiary/aromatic N) is 1. The molecule has 2 rings (SSSR count). The quantitative estimate of drug-likeness (QED) is 0.772. The average molecular weight is 329 g/mol. The van der Waals surface area contributed by atoms with E-state index in [9.17, 15) is 13.2 Å². The number of hydrogen-bond acceptors (Lipinski definition) is 4. The molecule has 2 N–H and O–H groups in total. The Kier molecular flexibility index (Phi) is 5.46. The first-order valence-electron chi connectivity index (χ1n) is 6.73. The molecule has 23 heavy (non-hydrogen) atoms. The van der Waals surface area contributed by atoms with Gasteiger partial charge in [0.1, 0.15) is 0 Å². The summed E-state index contributed by atoms with van der Waals surface area (Å²) in [5, 5.41) is 2.71. The van der Waals surface area contributed by atoms with Crippen molar-refractivity contribution in [2.45, 2.75) is 11.4 Å². The first-order valence-corrected chi connectivity index (χ1v) is 8.21. The zero-order chi connectivity index (χ0) is 16.7. The molecular formula is C16H15N3O3S. The molecule has 0 aliphatic heterocycles. The smallest absolute Gasteiger partial charge is 0.251 e. The molecule has 1 aromatic heterocycles. The molecule has 0 saturated heterocycles. The van der Waals surface area contributed by atoms with E-state index in [1.807, 2.05) is 6.07 Å². The van der Waals surface area contributed by atoms with Gasteiger partial charge in [-0.25, -0.2) is 8.42 Å². The third kappa shape index (κ3) is 4.64. The lowest BCUT2D eigenvalue weighted by Gasteiger charge is -2.08. The van der Waals surface area contributed by atoms with Crippen LogP contribution in [0.5, 0.6) is 0 Å². The van der Waals surface area contributed by atoms with Crippen molar-refractivity contribution in [2.24, 2.45) is 0 Å². The van der Waals surface area contributed by atoms with Crippen molar-refractivity contribution in [1.29, 1.82) is 0 Å². The van der Waals surface area contributed by atoms with E-state index < -0.39 is 10.0 Å². The van der Waals surface area contributed by atoms with Gasteiger partial charge in [-0.1, -0.05) is 18.1 Å². The monoisotopic (exact) mass is 329 g/mol. The van der Waals surface area contributed by atoms with Crippen LogP contribution in [0.4, 0.5) is 0 Å². The fraction of sp³-hybridized carbons (Fsp3) is 0.125. The standard InChI is InChI=1S/C16H15N3O3S/c1-2-8-19-23(21,22)15-7-3-6-14(10-15)16(20)18-12-13-5-4-9-17-11-13/h1,3-7,9-11,19H,8,12H2,(H,18,20). The Morgan fingerprint density at radius 3 is 2.78 bits per heavy atom. The number of terminal acetylenes is 1. The molecule has 1 amide bonds. The number of benzene rings is 1. The van der Waals surface area contributed by atoms with Gasteiger partial charge in [-0.05, 0) is 29.8 Å². The highest BCUT2D eigenvalue weighted by molar-refractivity contribution is 7.89. The molecule has 1 heterocycles. The van der Waals surface area contributed by atoms with Crippen LogP contribution in [-0.4, -0.2) is 25.9 Å². The van der Waals surface area contributed by atoms with Crippen molar-refractivity contribution in [1.82, 2.24) is 15.0 Å². The Morgan fingerprint density at radius 1 is 1.26 bits per heavy atom. The number of pyridine rings is 1. The third-order valence-corrected chi connectivity index (χ3v) is 4.35.